The second-order valence-electron chi connectivity index (χ2n) is 7.18. The van der Waals surface area contributed by atoms with Gasteiger partial charge in [-0.05, 0) is 33.6 Å². The maximum atomic E-state index is 12.1. The zero-order chi connectivity index (χ0) is 18.6. The van der Waals surface area contributed by atoms with E-state index in [9.17, 15) is 19.5 Å². The van der Waals surface area contributed by atoms with E-state index in [1.165, 1.54) is 30.9 Å². The first-order chi connectivity index (χ1) is 11.7. The smallest absolute Gasteiger partial charge is 0.331 e. The second kappa shape index (κ2) is 7.67. The van der Waals surface area contributed by atoms with E-state index < -0.39 is 11.5 Å². The summed E-state index contributed by atoms with van der Waals surface area (Å²) in [6.45, 7) is 4.84. The van der Waals surface area contributed by atoms with E-state index in [1.54, 1.807) is 6.92 Å². The molecule has 3 N–H and O–H groups in total. The molecule has 1 fully saturated rings. The summed E-state index contributed by atoms with van der Waals surface area (Å²) in [6, 6.07) is -0.265. The molecular weight excluding hydrogens is 324 g/mol. The lowest BCUT2D eigenvalue weighted by molar-refractivity contribution is -0.146. The van der Waals surface area contributed by atoms with Crippen LogP contribution in [-0.2, 0) is 19.9 Å². The molecule has 1 heterocycles. The molecule has 1 atom stereocenters. The van der Waals surface area contributed by atoms with Crippen LogP contribution < -0.4 is 10.6 Å². The van der Waals surface area contributed by atoms with E-state index in [-0.39, 0.29) is 30.2 Å². The largest absolute Gasteiger partial charge is 0.479 e. The van der Waals surface area contributed by atoms with Crippen LogP contribution in [0.15, 0.2) is 12.4 Å². The van der Waals surface area contributed by atoms with Crippen molar-refractivity contribution in [2.75, 3.05) is 5.32 Å². The number of aliphatic carboxylic acids is 1. The number of hydrogen-bond acceptors (Lipinski definition) is 4. The minimum atomic E-state index is -1.20. The van der Waals surface area contributed by atoms with Crippen molar-refractivity contribution in [3.8, 4) is 0 Å². The van der Waals surface area contributed by atoms with Crippen LogP contribution in [-0.4, -0.2) is 38.7 Å². The third-order valence-electron chi connectivity index (χ3n) is 4.57. The lowest BCUT2D eigenvalue weighted by Gasteiger charge is -2.19. The van der Waals surface area contributed by atoms with E-state index in [2.05, 4.69) is 15.7 Å². The molecule has 2 rings (SSSR count). The molecule has 25 heavy (non-hydrogen) atoms. The molecule has 0 bridgehead atoms. The highest BCUT2D eigenvalue weighted by Gasteiger charge is 2.30. The highest BCUT2D eigenvalue weighted by atomic mass is 16.4. The van der Waals surface area contributed by atoms with Crippen molar-refractivity contribution in [1.29, 1.82) is 0 Å². The van der Waals surface area contributed by atoms with Crippen LogP contribution in [0.1, 0.15) is 52.9 Å². The third kappa shape index (κ3) is 4.80. The number of carbonyl (C=O) groups excluding carboxylic acids is 2. The van der Waals surface area contributed by atoms with Crippen LogP contribution in [0.5, 0.6) is 0 Å². The minimum absolute atomic E-state index is 0.0221. The van der Waals surface area contributed by atoms with Crippen LogP contribution in [0.3, 0.4) is 0 Å². The lowest BCUT2D eigenvalue weighted by Crippen LogP contribution is -2.38. The Hall–Kier alpha value is -2.38. The van der Waals surface area contributed by atoms with Crippen molar-refractivity contribution >= 4 is 23.5 Å². The van der Waals surface area contributed by atoms with Gasteiger partial charge in [0, 0.05) is 24.6 Å². The summed E-state index contributed by atoms with van der Waals surface area (Å²) in [5.41, 5.74) is -0.778. The first-order valence-corrected chi connectivity index (χ1v) is 8.59. The van der Waals surface area contributed by atoms with Gasteiger partial charge in [0.05, 0.1) is 11.9 Å². The van der Waals surface area contributed by atoms with Gasteiger partial charge in [-0.15, -0.1) is 0 Å². The third-order valence-corrected chi connectivity index (χ3v) is 4.57. The monoisotopic (exact) mass is 350 g/mol. The lowest BCUT2D eigenvalue weighted by atomic mass is 10.1. The quantitative estimate of drug-likeness (QED) is 0.693. The SMILES string of the molecule is CC(CC(=O)Nc1cnn(C(C)(C)C(=O)O)c1)NC(=O)C1CCCC1. The number of aromatic nitrogens is 2. The average molecular weight is 350 g/mol. The Balaban J connectivity index is 1.84. The molecule has 1 aliphatic carbocycles. The molecule has 2 amide bonds. The summed E-state index contributed by atoms with van der Waals surface area (Å²) in [5.74, 6) is -1.18. The fraction of sp³-hybridized carbons (Fsp3) is 0.647. The number of amides is 2. The van der Waals surface area contributed by atoms with Crippen LogP contribution >= 0.6 is 0 Å². The maximum Gasteiger partial charge on any atom is 0.331 e. The number of nitrogens with one attached hydrogen (secondary N) is 2. The van der Waals surface area contributed by atoms with Gasteiger partial charge in [-0.25, -0.2) is 4.79 Å². The Bertz CT molecular complexity index is 647. The summed E-state index contributed by atoms with van der Waals surface area (Å²) in [7, 11) is 0. The first-order valence-electron chi connectivity index (χ1n) is 8.59. The number of carboxylic acid groups (broad SMARTS) is 1. The molecule has 0 radical (unpaired) electrons. The summed E-state index contributed by atoms with van der Waals surface area (Å²) < 4.78 is 1.29. The molecule has 0 saturated heterocycles. The predicted molar refractivity (Wildman–Crippen MR) is 92.0 cm³/mol. The van der Waals surface area contributed by atoms with Gasteiger partial charge >= 0.3 is 5.97 Å². The fourth-order valence-corrected chi connectivity index (χ4v) is 2.88. The number of nitrogens with zero attached hydrogens (tertiary/aromatic N) is 2. The summed E-state index contributed by atoms with van der Waals surface area (Å²) in [4.78, 5) is 35.4. The highest BCUT2D eigenvalue weighted by molar-refractivity contribution is 5.91. The van der Waals surface area contributed by atoms with Crippen LogP contribution in [0.4, 0.5) is 5.69 Å². The molecular formula is C17H26N4O4. The Morgan fingerprint density at radius 2 is 2.00 bits per heavy atom. The maximum absolute atomic E-state index is 12.1. The van der Waals surface area contributed by atoms with Crippen LogP contribution in [0, 0.1) is 5.92 Å². The van der Waals surface area contributed by atoms with Crippen molar-refractivity contribution in [3.05, 3.63) is 12.4 Å². The topological polar surface area (TPSA) is 113 Å². The number of carbonyl (C=O) groups is 3. The van der Waals surface area contributed by atoms with E-state index >= 15 is 0 Å². The number of hydrogen-bond donors (Lipinski definition) is 3. The minimum Gasteiger partial charge on any atom is -0.479 e. The first kappa shape index (κ1) is 19.0. The summed E-state index contributed by atoms with van der Waals surface area (Å²) >= 11 is 0. The van der Waals surface area contributed by atoms with E-state index in [0.29, 0.717) is 5.69 Å². The molecule has 0 aliphatic heterocycles. The van der Waals surface area contributed by atoms with Crippen molar-refractivity contribution in [3.63, 3.8) is 0 Å². The molecule has 8 nitrogen and oxygen atoms in total. The van der Waals surface area contributed by atoms with Crippen molar-refractivity contribution in [2.24, 2.45) is 5.92 Å². The molecule has 1 saturated carbocycles. The van der Waals surface area contributed by atoms with E-state index in [4.69, 9.17) is 0 Å². The summed E-state index contributed by atoms with van der Waals surface area (Å²) in [5, 5.41) is 18.7. The van der Waals surface area contributed by atoms with Gasteiger partial charge in [-0.1, -0.05) is 12.8 Å². The number of anilines is 1. The Labute approximate surface area is 147 Å². The Morgan fingerprint density at radius 3 is 2.60 bits per heavy atom. The molecule has 8 heteroatoms. The number of carboxylic acids is 1. The van der Waals surface area contributed by atoms with Gasteiger partial charge in [0.2, 0.25) is 11.8 Å². The molecule has 1 aliphatic rings. The summed E-state index contributed by atoms with van der Waals surface area (Å²) in [6.07, 6.45) is 7.05. The average Bonchev–Trinajstić information content (AvgIpc) is 3.17. The normalized spacial score (nSPS) is 16.4. The van der Waals surface area contributed by atoms with Gasteiger partial charge in [0.15, 0.2) is 5.54 Å². The van der Waals surface area contributed by atoms with Crippen LogP contribution in [0.25, 0.3) is 0 Å². The zero-order valence-electron chi connectivity index (χ0n) is 14.9. The molecule has 1 unspecified atom stereocenters. The van der Waals surface area contributed by atoms with Gasteiger partial charge in [-0.3, -0.25) is 14.3 Å². The molecule has 1 aromatic rings. The molecule has 0 spiro atoms. The number of rotatable bonds is 7. The zero-order valence-corrected chi connectivity index (χ0v) is 14.9. The highest BCUT2D eigenvalue weighted by Crippen LogP contribution is 2.24. The fourth-order valence-electron chi connectivity index (χ4n) is 2.88. The predicted octanol–water partition coefficient (Wildman–Crippen LogP) is 1.73. The molecule has 138 valence electrons. The van der Waals surface area contributed by atoms with Gasteiger partial charge in [0.25, 0.3) is 0 Å². The van der Waals surface area contributed by atoms with E-state index in [1.807, 2.05) is 0 Å². The van der Waals surface area contributed by atoms with Crippen molar-refractivity contribution < 1.29 is 19.5 Å². The van der Waals surface area contributed by atoms with Crippen molar-refractivity contribution in [2.45, 2.75) is 64.5 Å². The Morgan fingerprint density at radius 1 is 1.36 bits per heavy atom. The van der Waals surface area contributed by atoms with Crippen molar-refractivity contribution in [1.82, 2.24) is 15.1 Å². The van der Waals surface area contributed by atoms with Gasteiger partial charge in [-0.2, -0.15) is 5.10 Å². The van der Waals surface area contributed by atoms with E-state index in [0.717, 1.165) is 25.7 Å². The standard InChI is InChI=1S/C17H26N4O4/c1-11(19-15(23)12-6-4-5-7-12)8-14(22)20-13-9-18-21(10-13)17(2,3)16(24)25/h9-12H,4-8H2,1-3H3,(H,19,23)(H,20,22)(H,24,25). The molecule has 0 aromatic carbocycles. The van der Waals surface area contributed by atoms with Gasteiger partial charge < -0.3 is 15.7 Å². The molecule has 1 aromatic heterocycles. The van der Waals surface area contributed by atoms with Gasteiger partial charge in [0.1, 0.15) is 0 Å². The second-order valence-corrected chi connectivity index (χ2v) is 7.18. The Kier molecular flexibility index (Phi) is 5.81. The van der Waals surface area contributed by atoms with Crippen LogP contribution in [0.2, 0.25) is 0 Å².